The number of rotatable bonds is 0. The number of piperazine rings is 1. The lowest BCUT2D eigenvalue weighted by Crippen LogP contribution is -2.56. The highest BCUT2D eigenvalue weighted by Crippen LogP contribution is 2.19. The number of likely N-dealkylation sites (N-methyl/N-ethyl adjacent to an activating group) is 1. The lowest BCUT2D eigenvalue weighted by atomic mass is 10.2. The first-order chi connectivity index (χ1) is 7.87. The predicted octanol–water partition coefficient (Wildman–Crippen LogP) is 0.811. The number of hydrogen-bond donors (Lipinski definition) is 0. The first-order valence-electron chi connectivity index (χ1n) is 6.29. The van der Waals surface area contributed by atoms with Gasteiger partial charge in [0.2, 0.25) is 0 Å². The molecule has 2 aliphatic rings. The van der Waals surface area contributed by atoms with Crippen LogP contribution < -0.4 is 0 Å². The maximum atomic E-state index is 12.0. The van der Waals surface area contributed by atoms with Crippen LogP contribution >= 0.6 is 0 Å². The molecule has 0 aromatic carbocycles. The summed E-state index contributed by atoms with van der Waals surface area (Å²) in [6, 6.07) is 0. The van der Waals surface area contributed by atoms with Crippen molar-refractivity contribution in [3.63, 3.8) is 0 Å². The third kappa shape index (κ3) is 2.90. The van der Waals surface area contributed by atoms with Crippen molar-refractivity contribution in [1.29, 1.82) is 0 Å². The van der Waals surface area contributed by atoms with Crippen LogP contribution in [0, 0.1) is 0 Å². The molecule has 1 unspecified atom stereocenters. The molecule has 5 nitrogen and oxygen atoms in total. The van der Waals surface area contributed by atoms with Crippen molar-refractivity contribution in [2.24, 2.45) is 0 Å². The van der Waals surface area contributed by atoms with E-state index in [-0.39, 0.29) is 6.09 Å². The van der Waals surface area contributed by atoms with Gasteiger partial charge < -0.3 is 9.64 Å². The molecule has 2 rings (SSSR count). The van der Waals surface area contributed by atoms with Gasteiger partial charge in [-0.3, -0.25) is 9.80 Å². The average Bonchev–Trinajstić information content (AvgIpc) is 2.57. The fourth-order valence-corrected chi connectivity index (χ4v) is 2.41. The van der Waals surface area contributed by atoms with Gasteiger partial charge in [0, 0.05) is 26.2 Å². The highest BCUT2D eigenvalue weighted by molar-refractivity contribution is 5.68. The lowest BCUT2D eigenvalue weighted by Gasteiger charge is -2.39. The second kappa shape index (κ2) is 4.46. The maximum Gasteiger partial charge on any atom is 0.410 e. The molecule has 2 fully saturated rings. The summed E-state index contributed by atoms with van der Waals surface area (Å²) in [6.07, 6.45) is 0.189. The summed E-state index contributed by atoms with van der Waals surface area (Å²) < 4.78 is 5.41. The van der Waals surface area contributed by atoms with Crippen LogP contribution in [-0.4, -0.2) is 72.3 Å². The quantitative estimate of drug-likeness (QED) is 0.629. The molecule has 2 heterocycles. The van der Waals surface area contributed by atoms with Crippen LogP contribution in [0.2, 0.25) is 0 Å². The topological polar surface area (TPSA) is 36.0 Å². The normalized spacial score (nSPS) is 27.1. The van der Waals surface area contributed by atoms with Gasteiger partial charge in [-0.2, -0.15) is 0 Å². The summed E-state index contributed by atoms with van der Waals surface area (Å²) in [7, 11) is 2.11. The van der Waals surface area contributed by atoms with Gasteiger partial charge in [-0.25, -0.2) is 4.79 Å². The second-order valence-corrected chi connectivity index (χ2v) is 5.92. The van der Waals surface area contributed by atoms with Gasteiger partial charge in [0.1, 0.15) is 5.60 Å². The van der Waals surface area contributed by atoms with E-state index >= 15 is 0 Å². The van der Waals surface area contributed by atoms with E-state index in [4.69, 9.17) is 4.74 Å². The van der Waals surface area contributed by atoms with Crippen molar-refractivity contribution in [3.05, 3.63) is 0 Å². The Balaban J connectivity index is 1.93. The molecule has 0 radical (unpaired) electrons. The van der Waals surface area contributed by atoms with Crippen LogP contribution in [0.4, 0.5) is 4.79 Å². The Morgan fingerprint density at radius 3 is 2.47 bits per heavy atom. The summed E-state index contributed by atoms with van der Waals surface area (Å²) in [6.45, 7) is 10.4. The molecule has 17 heavy (non-hydrogen) atoms. The first-order valence-corrected chi connectivity index (χ1v) is 6.29. The molecule has 0 aromatic rings. The van der Waals surface area contributed by atoms with Crippen LogP contribution in [0.25, 0.3) is 0 Å². The summed E-state index contributed by atoms with van der Waals surface area (Å²) >= 11 is 0. The summed E-state index contributed by atoms with van der Waals surface area (Å²) in [5, 5.41) is 0. The summed E-state index contributed by atoms with van der Waals surface area (Å²) in [5.74, 6) is 0. The van der Waals surface area contributed by atoms with E-state index in [1.807, 2.05) is 25.7 Å². The van der Waals surface area contributed by atoms with Crippen molar-refractivity contribution < 1.29 is 9.53 Å². The summed E-state index contributed by atoms with van der Waals surface area (Å²) in [4.78, 5) is 18.5. The molecule has 0 spiro atoms. The number of fused-ring (bicyclic) bond motifs is 1. The van der Waals surface area contributed by atoms with E-state index in [2.05, 4.69) is 16.8 Å². The maximum absolute atomic E-state index is 12.0. The Bertz CT molecular complexity index is 301. The first kappa shape index (κ1) is 12.6. The average molecular weight is 241 g/mol. The highest BCUT2D eigenvalue weighted by Gasteiger charge is 2.37. The minimum atomic E-state index is -0.407. The standard InChI is InChI=1S/C12H23N3O2/c1-12(2,3)17-11(16)15-8-7-14-6-5-13(4)10(14)9-15/h10H,5-9H2,1-4H3. The number of ether oxygens (including phenoxy) is 1. The predicted molar refractivity (Wildman–Crippen MR) is 65.8 cm³/mol. The van der Waals surface area contributed by atoms with Gasteiger partial charge in [-0.15, -0.1) is 0 Å². The minimum absolute atomic E-state index is 0.183. The van der Waals surface area contributed by atoms with E-state index in [1.165, 1.54) is 0 Å². The van der Waals surface area contributed by atoms with E-state index in [1.54, 1.807) is 0 Å². The van der Waals surface area contributed by atoms with Crippen molar-refractivity contribution in [2.75, 3.05) is 39.8 Å². The zero-order valence-electron chi connectivity index (χ0n) is 11.3. The van der Waals surface area contributed by atoms with Gasteiger partial charge in [-0.05, 0) is 27.8 Å². The second-order valence-electron chi connectivity index (χ2n) is 5.92. The van der Waals surface area contributed by atoms with E-state index in [9.17, 15) is 4.79 Å². The summed E-state index contributed by atoms with van der Waals surface area (Å²) in [5.41, 5.74) is -0.407. The SMILES string of the molecule is CN1CCN2CCN(C(=O)OC(C)(C)C)CC12. The largest absolute Gasteiger partial charge is 0.444 e. The van der Waals surface area contributed by atoms with E-state index < -0.39 is 5.60 Å². The van der Waals surface area contributed by atoms with Crippen molar-refractivity contribution in [3.8, 4) is 0 Å². The van der Waals surface area contributed by atoms with Crippen molar-refractivity contribution in [1.82, 2.24) is 14.7 Å². The molecule has 0 N–H and O–H groups in total. The molecule has 0 bridgehead atoms. The molecular formula is C12H23N3O2. The van der Waals surface area contributed by atoms with Gasteiger partial charge in [-0.1, -0.05) is 0 Å². The third-order valence-electron chi connectivity index (χ3n) is 3.36. The third-order valence-corrected chi connectivity index (χ3v) is 3.36. The van der Waals surface area contributed by atoms with Crippen LogP contribution in [0.3, 0.4) is 0 Å². The van der Waals surface area contributed by atoms with Crippen LogP contribution in [-0.2, 0) is 4.74 Å². The van der Waals surface area contributed by atoms with Gasteiger partial charge in [0.25, 0.3) is 0 Å². The Morgan fingerprint density at radius 2 is 1.82 bits per heavy atom. The number of carbonyl (C=O) groups is 1. The molecule has 0 aromatic heterocycles. The Kier molecular flexibility index (Phi) is 3.32. The number of hydrogen-bond acceptors (Lipinski definition) is 4. The van der Waals surface area contributed by atoms with E-state index in [0.717, 1.165) is 32.7 Å². The zero-order chi connectivity index (χ0) is 12.6. The fourth-order valence-electron chi connectivity index (χ4n) is 2.41. The molecular weight excluding hydrogens is 218 g/mol. The van der Waals surface area contributed by atoms with Gasteiger partial charge >= 0.3 is 6.09 Å². The Morgan fingerprint density at radius 1 is 1.18 bits per heavy atom. The Hall–Kier alpha value is -0.810. The van der Waals surface area contributed by atoms with Crippen LogP contribution in [0.1, 0.15) is 20.8 Å². The minimum Gasteiger partial charge on any atom is -0.444 e. The van der Waals surface area contributed by atoms with Gasteiger partial charge in [0.15, 0.2) is 0 Å². The van der Waals surface area contributed by atoms with Gasteiger partial charge in [0.05, 0.1) is 12.7 Å². The van der Waals surface area contributed by atoms with E-state index in [0.29, 0.717) is 6.17 Å². The Labute approximate surface area is 103 Å². The molecule has 1 amide bonds. The molecule has 2 aliphatic heterocycles. The molecule has 0 aliphatic carbocycles. The smallest absolute Gasteiger partial charge is 0.410 e. The number of nitrogens with zero attached hydrogens (tertiary/aromatic N) is 3. The van der Waals surface area contributed by atoms with Crippen molar-refractivity contribution in [2.45, 2.75) is 32.5 Å². The monoisotopic (exact) mass is 241 g/mol. The molecule has 2 saturated heterocycles. The molecule has 5 heteroatoms. The molecule has 0 saturated carbocycles. The van der Waals surface area contributed by atoms with Crippen LogP contribution in [0.5, 0.6) is 0 Å². The lowest BCUT2D eigenvalue weighted by molar-refractivity contribution is -0.00260. The zero-order valence-corrected chi connectivity index (χ0v) is 11.3. The fraction of sp³-hybridized carbons (Fsp3) is 0.917. The molecule has 98 valence electrons. The number of amides is 1. The van der Waals surface area contributed by atoms with Crippen LogP contribution in [0.15, 0.2) is 0 Å². The highest BCUT2D eigenvalue weighted by atomic mass is 16.6. The molecule has 1 atom stereocenters. The van der Waals surface area contributed by atoms with Crippen molar-refractivity contribution >= 4 is 6.09 Å². The number of carbonyl (C=O) groups excluding carboxylic acids is 1.